The first-order valence-electron chi connectivity index (χ1n) is 14.6. The Balaban J connectivity index is 1.50. The van der Waals surface area contributed by atoms with Gasteiger partial charge < -0.3 is 25.2 Å². The van der Waals surface area contributed by atoms with Crippen LogP contribution in [-0.2, 0) is 33.5 Å². The lowest BCUT2D eigenvalue weighted by Crippen LogP contribution is -2.52. The Bertz CT molecular complexity index is 1270. The van der Waals surface area contributed by atoms with Gasteiger partial charge in [0.1, 0.15) is 11.7 Å². The van der Waals surface area contributed by atoms with Crippen molar-refractivity contribution in [3.8, 4) is 0 Å². The second-order valence-electron chi connectivity index (χ2n) is 11.3. The molecule has 0 spiro atoms. The van der Waals surface area contributed by atoms with Crippen LogP contribution >= 0.6 is 23.2 Å². The zero-order valence-corrected chi connectivity index (χ0v) is 26.0. The smallest absolute Gasteiger partial charge is 0.383 e. The lowest BCUT2D eigenvalue weighted by Gasteiger charge is -2.39. The molecule has 43 heavy (non-hydrogen) atoms. The molecule has 0 radical (unpaired) electrons. The topological polar surface area (TPSA) is 73.9 Å². The standard InChI is InChI=1S/C31H39Cl2F3N4O3/c1-20(19-43-2)38-18-23-15-24(31(34,35)36)4-6-28(23)39-11-13-40(14-12-39)30(42)26(29(41)21-7-9-37-10-8-21)16-22-3-5-25(32)17-27(22)33/h3-6,15,17,20-21,26,37-38H,7-14,16,18-19H2,1-2H3/t20?,26-/m1/s1. The van der Waals surface area contributed by atoms with E-state index in [2.05, 4.69) is 10.6 Å². The van der Waals surface area contributed by atoms with E-state index in [1.165, 1.54) is 12.1 Å². The van der Waals surface area contributed by atoms with Crippen LogP contribution in [0, 0.1) is 11.8 Å². The van der Waals surface area contributed by atoms with E-state index in [0.717, 1.165) is 19.2 Å². The number of amides is 1. The lowest BCUT2D eigenvalue weighted by molar-refractivity contribution is -0.143. The summed E-state index contributed by atoms with van der Waals surface area (Å²) in [4.78, 5) is 31.3. The number of alkyl halides is 3. The van der Waals surface area contributed by atoms with Gasteiger partial charge in [-0.3, -0.25) is 9.59 Å². The molecule has 2 aliphatic rings. The Labute approximate surface area is 261 Å². The van der Waals surface area contributed by atoms with E-state index in [1.54, 1.807) is 30.2 Å². The van der Waals surface area contributed by atoms with Crippen molar-refractivity contribution >= 4 is 40.6 Å². The van der Waals surface area contributed by atoms with Crippen molar-refractivity contribution in [3.05, 3.63) is 63.1 Å². The molecule has 4 rings (SSSR count). The molecule has 2 aliphatic heterocycles. The van der Waals surface area contributed by atoms with Crippen molar-refractivity contribution in [1.82, 2.24) is 15.5 Å². The fraction of sp³-hybridized carbons (Fsp3) is 0.548. The van der Waals surface area contributed by atoms with Gasteiger partial charge in [0.05, 0.1) is 12.2 Å². The second-order valence-corrected chi connectivity index (χ2v) is 12.2. The van der Waals surface area contributed by atoms with Crippen molar-refractivity contribution in [1.29, 1.82) is 0 Å². The normalized spacial score (nSPS) is 18.0. The molecule has 1 unspecified atom stereocenters. The van der Waals surface area contributed by atoms with Crippen LogP contribution in [0.4, 0.5) is 18.9 Å². The summed E-state index contributed by atoms with van der Waals surface area (Å²) in [6, 6.07) is 8.80. The van der Waals surface area contributed by atoms with Gasteiger partial charge in [0.15, 0.2) is 0 Å². The largest absolute Gasteiger partial charge is 0.416 e. The number of hydrogen-bond donors (Lipinski definition) is 2. The van der Waals surface area contributed by atoms with E-state index in [1.807, 2.05) is 11.8 Å². The van der Waals surface area contributed by atoms with Gasteiger partial charge in [0.25, 0.3) is 0 Å². The van der Waals surface area contributed by atoms with Gasteiger partial charge >= 0.3 is 6.18 Å². The van der Waals surface area contributed by atoms with Crippen LogP contribution in [0.5, 0.6) is 0 Å². The molecular formula is C31H39Cl2F3N4O3. The molecule has 12 heteroatoms. The number of halogens is 5. The maximum atomic E-state index is 13.9. The number of anilines is 1. The van der Waals surface area contributed by atoms with E-state index in [0.29, 0.717) is 72.5 Å². The number of carbonyl (C=O) groups excluding carboxylic acids is 2. The van der Waals surface area contributed by atoms with Crippen molar-refractivity contribution in [3.63, 3.8) is 0 Å². The van der Waals surface area contributed by atoms with E-state index >= 15 is 0 Å². The highest BCUT2D eigenvalue weighted by atomic mass is 35.5. The fourth-order valence-corrected chi connectivity index (χ4v) is 6.29. The van der Waals surface area contributed by atoms with Gasteiger partial charge in [0.2, 0.25) is 5.91 Å². The number of ketones is 1. The number of piperidine rings is 1. The van der Waals surface area contributed by atoms with Crippen molar-refractivity contribution in [2.75, 3.05) is 57.9 Å². The zero-order chi connectivity index (χ0) is 31.1. The first-order valence-corrected chi connectivity index (χ1v) is 15.4. The summed E-state index contributed by atoms with van der Waals surface area (Å²) in [5.41, 5.74) is 1.19. The number of ether oxygens (including phenoxy) is 1. The molecule has 2 saturated heterocycles. The molecule has 0 saturated carbocycles. The highest BCUT2D eigenvalue weighted by Gasteiger charge is 2.37. The number of rotatable bonds is 11. The summed E-state index contributed by atoms with van der Waals surface area (Å²) in [6.07, 6.45) is -2.91. The monoisotopic (exact) mass is 642 g/mol. The molecule has 2 atom stereocenters. The van der Waals surface area contributed by atoms with Gasteiger partial charge in [-0.2, -0.15) is 13.2 Å². The Morgan fingerprint density at radius 3 is 2.37 bits per heavy atom. The number of nitrogens with one attached hydrogen (secondary N) is 2. The number of hydrogen-bond acceptors (Lipinski definition) is 6. The van der Waals surface area contributed by atoms with Gasteiger partial charge in [-0.05, 0) is 80.7 Å². The van der Waals surface area contributed by atoms with E-state index in [-0.39, 0.29) is 36.6 Å². The average Bonchev–Trinajstić information content (AvgIpc) is 2.99. The maximum Gasteiger partial charge on any atom is 0.416 e. The Morgan fingerprint density at radius 1 is 1.05 bits per heavy atom. The van der Waals surface area contributed by atoms with Crippen LogP contribution in [0.25, 0.3) is 0 Å². The van der Waals surface area contributed by atoms with E-state index in [4.69, 9.17) is 27.9 Å². The number of piperazine rings is 1. The molecule has 0 aromatic heterocycles. The molecule has 1 amide bonds. The first kappa shape index (κ1) is 33.5. The number of benzene rings is 2. The molecule has 0 aliphatic carbocycles. The van der Waals surface area contributed by atoms with Crippen molar-refractivity contribution < 1.29 is 27.5 Å². The maximum absolute atomic E-state index is 13.9. The summed E-state index contributed by atoms with van der Waals surface area (Å²) in [5, 5.41) is 7.38. The van der Waals surface area contributed by atoms with Crippen LogP contribution < -0.4 is 15.5 Å². The van der Waals surface area contributed by atoms with Crippen LogP contribution in [-0.4, -0.2) is 75.6 Å². The Kier molecular flexibility index (Phi) is 11.8. The number of carbonyl (C=O) groups is 2. The minimum absolute atomic E-state index is 0.0505. The van der Waals surface area contributed by atoms with Crippen LogP contribution in [0.3, 0.4) is 0 Å². The quantitative estimate of drug-likeness (QED) is 0.328. The van der Waals surface area contributed by atoms with Gasteiger partial charge in [-0.25, -0.2) is 0 Å². The third-order valence-corrected chi connectivity index (χ3v) is 8.81. The first-order chi connectivity index (χ1) is 20.5. The summed E-state index contributed by atoms with van der Waals surface area (Å²) in [5.74, 6) is -1.38. The molecule has 2 aromatic rings. The summed E-state index contributed by atoms with van der Waals surface area (Å²) >= 11 is 12.5. The predicted molar refractivity (Wildman–Crippen MR) is 163 cm³/mol. The van der Waals surface area contributed by atoms with E-state index in [9.17, 15) is 22.8 Å². The SMILES string of the molecule is COCC(C)NCc1cc(C(F)(F)F)ccc1N1CCN(C(=O)[C@H](Cc2ccc(Cl)cc2Cl)C(=O)C2CCNCC2)CC1. The summed E-state index contributed by atoms with van der Waals surface area (Å²) < 4.78 is 45.7. The predicted octanol–water partition coefficient (Wildman–Crippen LogP) is 5.21. The summed E-state index contributed by atoms with van der Waals surface area (Å²) in [6.45, 7) is 5.55. The van der Waals surface area contributed by atoms with Crippen LogP contribution in [0.15, 0.2) is 36.4 Å². The van der Waals surface area contributed by atoms with Gasteiger partial charge in [-0.15, -0.1) is 0 Å². The molecule has 2 fully saturated rings. The Hall–Kier alpha value is -2.37. The lowest BCUT2D eigenvalue weighted by atomic mass is 9.82. The fourth-order valence-electron chi connectivity index (χ4n) is 5.80. The van der Waals surface area contributed by atoms with Crippen molar-refractivity contribution in [2.24, 2.45) is 11.8 Å². The molecular weight excluding hydrogens is 604 g/mol. The molecule has 7 nitrogen and oxygen atoms in total. The molecule has 2 aromatic carbocycles. The van der Waals surface area contributed by atoms with Crippen LogP contribution in [0.2, 0.25) is 10.0 Å². The Morgan fingerprint density at radius 2 is 1.74 bits per heavy atom. The molecule has 0 bridgehead atoms. The number of methoxy groups -OCH3 is 1. The molecule has 2 N–H and O–H groups in total. The molecule has 2 heterocycles. The third kappa shape index (κ3) is 8.85. The summed E-state index contributed by atoms with van der Waals surface area (Å²) in [7, 11) is 1.57. The molecule has 236 valence electrons. The van der Waals surface area contributed by atoms with Gasteiger partial charge in [-0.1, -0.05) is 29.3 Å². The highest BCUT2D eigenvalue weighted by molar-refractivity contribution is 6.35. The zero-order valence-electron chi connectivity index (χ0n) is 24.5. The highest BCUT2D eigenvalue weighted by Crippen LogP contribution is 2.34. The third-order valence-electron chi connectivity index (χ3n) is 8.22. The number of nitrogens with zero attached hydrogens (tertiary/aromatic N) is 2. The van der Waals surface area contributed by atoms with Crippen LogP contribution in [0.1, 0.15) is 36.5 Å². The second kappa shape index (κ2) is 15.1. The van der Waals surface area contributed by atoms with E-state index < -0.39 is 17.7 Å². The minimum atomic E-state index is -4.46. The minimum Gasteiger partial charge on any atom is -0.383 e. The van der Waals surface area contributed by atoms with Gasteiger partial charge in [0, 0.05) is 67.5 Å². The number of Topliss-reactive ketones (excluding diaryl/α,β-unsaturated/α-hetero) is 1. The van der Waals surface area contributed by atoms with Crippen molar-refractivity contribution in [2.45, 2.75) is 44.9 Å². The average molecular weight is 644 g/mol.